The van der Waals surface area contributed by atoms with E-state index < -0.39 is 30.1 Å². The van der Waals surface area contributed by atoms with Crippen molar-refractivity contribution in [3.8, 4) is 0 Å². The van der Waals surface area contributed by atoms with Crippen molar-refractivity contribution < 1.29 is 38.0 Å². The maximum Gasteiger partial charge on any atom is 0.509 e. The fraction of sp³-hybridized carbons (Fsp3) is 0.778. The molecule has 1 aliphatic heterocycles. The normalized spacial score (nSPS) is 29.9. The smallest absolute Gasteiger partial charge is 0.432 e. The minimum atomic E-state index is -0.764. The van der Waals surface area contributed by atoms with Crippen molar-refractivity contribution in [2.75, 3.05) is 6.79 Å². The Hall–Kier alpha value is -1.80. The summed E-state index contributed by atoms with van der Waals surface area (Å²) >= 11 is 0. The molecule has 1 heterocycles. The van der Waals surface area contributed by atoms with Gasteiger partial charge in [0.2, 0.25) is 0 Å². The fourth-order valence-electron chi connectivity index (χ4n) is 2.65. The second-order valence-electron chi connectivity index (χ2n) is 7.58. The Morgan fingerprint density at radius 1 is 0.962 bits per heavy atom. The number of hydrogen-bond acceptors (Lipinski definition) is 8. The van der Waals surface area contributed by atoms with Gasteiger partial charge in [-0.25, -0.2) is 9.59 Å². The maximum absolute atomic E-state index is 11.9. The van der Waals surface area contributed by atoms with Crippen molar-refractivity contribution in [1.82, 2.24) is 0 Å². The van der Waals surface area contributed by atoms with Crippen LogP contribution in [0.4, 0.5) is 9.59 Å². The summed E-state index contributed by atoms with van der Waals surface area (Å²) in [5.74, 6) is 0. The first-order valence-electron chi connectivity index (χ1n) is 8.81. The predicted octanol–water partition coefficient (Wildman–Crippen LogP) is 3.33. The zero-order valence-corrected chi connectivity index (χ0v) is 15.9. The molecule has 1 aliphatic carbocycles. The van der Waals surface area contributed by atoms with Crippen LogP contribution in [0.1, 0.15) is 47.5 Å². The van der Waals surface area contributed by atoms with Crippen LogP contribution < -0.4 is 0 Å². The third-order valence-electron chi connectivity index (χ3n) is 3.67. The lowest BCUT2D eigenvalue weighted by Crippen LogP contribution is -2.36. The van der Waals surface area contributed by atoms with Crippen LogP contribution in [0.15, 0.2) is 12.2 Å². The number of carbonyl (C=O) groups excluding carboxylic acids is 2. The molecule has 0 spiro atoms. The molecule has 8 heteroatoms. The number of ether oxygens (including phenoxy) is 6. The summed E-state index contributed by atoms with van der Waals surface area (Å²) in [7, 11) is 0. The predicted molar refractivity (Wildman–Crippen MR) is 90.6 cm³/mol. The van der Waals surface area contributed by atoms with Gasteiger partial charge in [-0.1, -0.05) is 0 Å². The number of carbonyl (C=O) groups is 2. The fourth-order valence-corrected chi connectivity index (χ4v) is 2.65. The molecule has 0 amide bonds. The van der Waals surface area contributed by atoms with Gasteiger partial charge in [-0.05, 0) is 46.8 Å². The summed E-state index contributed by atoms with van der Waals surface area (Å²) in [6, 6.07) is 0. The lowest BCUT2D eigenvalue weighted by atomic mass is 9.97. The van der Waals surface area contributed by atoms with Gasteiger partial charge in [-0.2, -0.15) is 0 Å². The monoisotopic (exact) mass is 372 g/mol. The third-order valence-corrected chi connectivity index (χ3v) is 3.67. The minimum Gasteiger partial charge on any atom is -0.432 e. The number of fused-ring (bicyclic) bond motifs is 1. The zero-order chi connectivity index (χ0) is 19.3. The topological polar surface area (TPSA) is 89.5 Å². The van der Waals surface area contributed by atoms with E-state index in [4.69, 9.17) is 28.4 Å². The Labute approximate surface area is 153 Å². The molecule has 0 bridgehead atoms. The van der Waals surface area contributed by atoms with Gasteiger partial charge < -0.3 is 28.4 Å². The summed E-state index contributed by atoms with van der Waals surface area (Å²) in [6.45, 7) is 8.91. The molecule has 0 saturated carbocycles. The van der Waals surface area contributed by atoms with Gasteiger partial charge in [-0.15, -0.1) is 0 Å². The summed E-state index contributed by atoms with van der Waals surface area (Å²) in [6.07, 6.45) is 0.756. The number of rotatable bonds is 3. The Kier molecular flexibility index (Phi) is 6.88. The van der Waals surface area contributed by atoms with Gasteiger partial charge in [0.15, 0.2) is 0 Å². The molecule has 0 aromatic heterocycles. The van der Waals surface area contributed by atoms with Crippen LogP contribution in [-0.4, -0.2) is 55.2 Å². The van der Waals surface area contributed by atoms with Crippen LogP contribution in [-0.2, 0) is 28.4 Å². The van der Waals surface area contributed by atoms with Crippen molar-refractivity contribution in [3.05, 3.63) is 12.2 Å². The van der Waals surface area contributed by atoms with E-state index in [1.165, 1.54) is 0 Å². The third kappa shape index (κ3) is 6.84. The molecule has 148 valence electrons. The first kappa shape index (κ1) is 20.5. The SMILES string of the molecule is CC(C)OC(=O)OC1/C=C/C(OC(=O)OC(C)(C)C)CC2OCOC2C1. The highest BCUT2D eigenvalue weighted by molar-refractivity contribution is 5.61. The van der Waals surface area contributed by atoms with E-state index in [2.05, 4.69) is 0 Å². The first-order valence-corrected chi connectivity index (χ1v) is 8.81. The zero-order valence-electron chi connectivity index (χ0n) is 15.9. The molecule has 1 saturated heterocycles. The molecule has 26 heavy (non-hydrogen) atoms. The highest BCUT2D eigenvalue weighted by atomic mass is 16.7. The summed E-state index contributed by atoms with van der Waals surface area (Å²) in [4.78, 5) is 23.7. The highest BCUT2D eigenvalue weighted by Gasteiger charge is 2.36. The van der Waals surface area contributed by atoms with Gasteiger partial charge in [-0.3, -0.25) is 0 Å². The summed E-state index contributed by atoms with van der Waals surface area (Å²) in [5.41, 5.74) is -0.649. The minimum absolute atomic E-state index is 0.150. The molecule has 8 nitrogen and oxygen atoms in total. The molecule has 0 aromatic carbocycles. The van der Waals surface area contributed by atoms with Crippen molar-refractivity contribution in [3.63, 3.8) is 0 Å². The molecule has 4 atom stereocenters. The van der Waals surface area contributed by atoms with Gasteiger partial charge >= 0.3 is 12.3 Å². The molecular formula is C18H28O8. The molecule has 0 N–H and O–H groups in total. The number of hydrogen-bond donors (Lipinski definition) is 0. The standard InChI is InChI=1S/C18H28O8/c1-11(2)23-16(19)24-12-6-7-13(25-17(20)26-18(3,4)5)9-15-14(8-12)21-10-22-15/h6-7,11-15H,8-10H2,1-5H3/b7-6+. The van der Waals surface area contributed by atoms with Crippen molar-refractivity contribution >= 4 is 12.3 Å². The van der Waals surface area contributed by atoms with Gasteiger partial charge in [0, 0.05) is 12.8 Å². The highest BCUT2D eigenvalue weighted by Crippen LogP contribution is 2.27. The molecule has 2 rings (SSSR count). The molecule has 0 aromatic rings. The van der Waals surface area contributed by atoms with Crippen molar-refractivity contribution in [2.24, 2.45) is 0 Å². The van der Waals surface area contributed by atoms with Crippen LogP contribution >= 0.6 is 0 Å². The van der Waals surface area contributed by atoms with Gasteiger partial charge in [0.05, 0.1) is 18.3 Å². The van der Waals surface area contributed by atoms with Crippen LogP contribution in [0.25, 0.3) is 0 Å². The molecule has 0 radical (unpaired) electrons. The second-order valence-corrected chi connectivity index (χ2v) is 7.58. The average molecular weight is 372 g/mol. The molecule has 4 unspecified atom stereocenters. The lowest BCUT2D eigenvalue weighted by Gasteiger charge is -2.27. The van der Waals surface area contributed by atoms with Crippen molar-refractivity contribution in [2.45, 2.75) is 83.6 Å². The van der Waals surface area contributed by atoms with E-state index in [-0.39, 0.29) is 25.1 Å². The maximum atomic E-state index is 11.9. The first-order chi connectivity index (χ1) is 12.1. The van der Waals surface area contributed by atoms with E-state index >= 15 is 0 Å². The van der Waals surface area contributed by atoms with Crippen LogP contribution in [0.2, 0.25) is 0 Å². The summed E-state index contributed by atoms with van der Waals surface area (Å²) < 4.78 is 32.0. The largest absolute Gasteiger partial charge is 0.509 e. The van der Waals surface area contributed by atoms with Gasteiger partial charge in [0.1, 0.15) is 24.6 Å². The molecular weight excluding hydrogens is 344 g/mol. The van der Waals surface area contributed by atoms with E-state index in [0.29, 0.717) is 12.8 Å². The van der Waals surface area contributed by atoms with Crippen LogP contribution in [0.3, 0.4) is 0 Å². The quantitative estimate of drug-likeness (QED) is 0.550. The van der Waals surface area contributed by atoms with Crippen LogP contribution in [0.5, 0.6) is 0 Å². The average Bonchev–Trinajstić information content (AvgIpc) is 2.85. The Morgan fingerprint density at radius 2 is 1.46 bits per heavy atom. The van der Waals surface area contributed by atoms with E-state index in [0.717, 1.165) is 0 Å². The Bertz CT molecular complexity index is 522. The van der Waals surface area contributed by atoms with E-state index in [1.807, 2.05) is 0 Å². The van der Waals surface area contributed by atoms with Crippen LogP contribution in [0, 0.1) is 0 Å². The second kappa shape index (κ2) is 8.73. The van der Waals surface area contributed by atoms with Gasteiger partial charge in [0.25, 0.3) is 0 Å². The van der Waals surface area contributed by atoms with E-state index in [9.17, 15) is 9.59 Å². The van der Waals surface area contributed by atoms with Crippen molar-refractivity contribution in [1.29, 1.82) is 0 Å². The molecule has 1 fully saturated rings. The van der Waals surface area contributed by atoms with E-state index in [1.54, 1.807) is 46.8 Å². The molecule has 2 aliphatic rings. The lowest BCUT2D eigenvalue weighted by molar-refractivity contribution is -0.0323. The summed E-state index contributed by atoms with van der Waals surface area (Å²) in [5, 5.41) is 0. The Balaban J connectivity index is 2.03. The Morgan fingerprint density at radius 3 is 1.92 bits per heavy atom.